The molecule has 2 aromatic heterocycles. The summed E-state index contributed by atoms with van der Waals surface area (Å²) in [7, 11) is 3.01. The van der Waals surface area contributed by atoms with Crippen LogP contribution in [0.5, 0.6) is 5.88 Å². The van der Waals surface area contributed by atoms with Crippen molar-refractivity contribution < 1.29 is 23.9 Å². The van der Waals surface area contributed by atoms with E-state index < -0.39 is 17.7 Å². The van der Waals surface area contributed by atoms with Gasteiger partial charge in [0.15, 0.2) is 0 Å². The molecule has 212 valence electrons. The number of hydrogen-bond donors (Lipinski definition) is 3. The van der Waals surface area contributed by atoms with Gasteiger partial charge in [-0.15, -0.1) is 0 Å². The topological polar surface area (TPSA) is 139 Å². The quantitative estimate of drug-likeness (QED) is 0.232. The number of rotatable bonds is 12. The number of Topliss-reactive ketones (excluding diaryl/α,β-unsaturated/α-hetero) is 1. The zero-order valence-corrected chi connectivity index (χ0v) is 23.0. The number of amides is 2. The number of pyridine rings is 1. The maximum Gasteiger partial charge on any atom is 0.287 e. The molecule has 3 aromatic rings. The Bertz CT molecular complexity index is 1370. The minimum Gasteiger partial charge on any atom is -0.480 e. The standard InChI is InChI=1S/C29H36N6O5/c1-30-26(37)24(36)8-5-15-40-18-23(34-28(38)29-9-12-35(13-10-29)14-11-29)25-31-17-22(32-25)20-16-19-6-3-4-7-21(19)33-27(20)39-2/h3-4,6-7,16-17,23H,5,8-15,18H2,1-2H3,(H,30,37)(H,31,32)(H,34,38)/t23-/m0/s1. The van der Waals surface area contributed by atoms with Crippen LogP contribution in [-0.4, -0.2) is 84.5 Å². The SMILES string of the molecule is CNC(=O)C(=O)CCCOC[C@H](NC(=O)C12CCN(CC1)CC2)c1ncc(-c2cc3ccccc3nc2OC)[nH]1. The van der Waals surface area contributed by atoms with E-state index in [1.807, 2.05) is 30.3 Å². The number of H-pyrrole nitrogens is 1. The van der Waals surface area contributed by atoms with Crippen molar-refractivity contribution in [2.45, 2.75) is 38.1 Å². The maximum absolute atomic E-state index is 13.6. The zero-order chi connectivity index (χ0) is 28.1. The van der Waals surface area contributed by atoms with Crippen LogP contribution in [0.1, 0.15) is 44.0 Å². The third-order valence-corrected chi connectivity index (χ3v) is 8.06. The minimum atomic E-state index is -0.607. The second kappa shape index (κ2) is 12.1. The first kappa shape index (κ1) is 27.7. The summed E-state index contributed by atoms with van der Waals surface area (Å²) in [6, 6.07) is 9.29. The molecule has 3 N–H and O–H groups in total. The molecule has 2 amide bonds. The van der Waals surface area contributed by atoms with Gasteiger partial charge in [-0.05, 0) is 57.5 Å². The number of piperidine rings is 3. The normalized spacial score (nSPS) is 20.7. The lowest BCUT2D eigenvalue weighted by molar-refractivity contribution is -0.139. The summed E-state index contributed by atoms with van der Waals surface area (Å²) in [6.45, 7) is 3.25. The van der Waals surface area contributed by atoms with Crippen molar-refractivity contribution in [2.75, 3.05) is 47.0 Å². The van der Waals surface area contributed by atoms with Crippen molar-refractivity contribution in [1.82, 2.24) is 30.5 Å². The van der Waals surface area contributed by atoms with E-state index in [9.17, 15) is 14.4 Å². The number of aromatic amines is 1. The highest BCUT2D eigenvalue weighted by atomic mass is 16.5. The summed E-state index contributed by atoms with van der Waals surface area (Å²) in [5.41, 5.74) is 1.93. The largest absolute Gasteiger partial charge is 0.480 e. The van der Waals surface area contributed by atoms with Crippen LogP contribution < -0.4 is 15.4 Å². The number of nitrogens with zero attached hydrogens (tertiary/aromatic N) is 3. The van der Waals surface area contributed by atoms with E-state index >= 15 is 0 Å². The molecule has 0 saturated carbocycles. The van der Waals surface area contributed by atoms with Gasteiger partial charge in [-0.3, -0.25) is 14.4 Å². The molecule has 1 aromatic carbocycles. The molecule has 5 heterocycles. The van der Waals surface area contributed by atoms with Crippen LogP contribution in [0.3, 0.4) is 0 Å². The molecule has 0 radical (unpaired) electrons. The average Bonchev–Trinajstić information content (AvgIpc) is 3.50. The van der Waals surface area contributed by atoms with Crippen LogP contribution >= 0.6 is 0 Å². The lowest BCUT2D eigenvalue weighted by Gasteiger charge is -2.47. The Morgan fingerprint density at radius 2 is 1.90 bits per heavy atom. The van der Waals surface area contributed by atoms with Crippen LogP contribution in [0, 0.1) is 5.41 Å². The van der Waals surface area contributed by atoms with E-state index in [2.05, 4.69) is 30.5 Å². The molecule has 3 aliphatic rings. The smallest absolute Gasteiger partial charge is 0.287 e. The van der Waals surface area contributed by atoms with E-state index in [0.717, 1.165) is 55.4 Å². The van der Waals surface area contributed by atoms with Gasteiger partial charge in [-0.25, -0.2) is 9.97 Å². The molecule has 0 spiro atoms. The van der Waals surface area contributed by atoms with Gasteiger partial charge >= 0.3 is 0 Å². The predicted molar refractivity (Wildman–Crippen MR) is 149 cm³/mol. The Morgan fingerprint density at radius 3 is 2.62 bits per heavy atom. The van der Waals surface area contributed by atoms with Gasteiger partial charge in [0, 0.05) is 25.5 Å². The number of hydrogen-bond acceptors (Lipinski definition) is 8. The van der Waals surface area contributed by atoms with Gasteiger partial charge in [-0.2, -0.15) is 0 Å². The van der Waals surface area contributed by atoms with Crippen molar-refractivity contribution in [3.63, 3.8) is 0 Å². The molecule has 3 fully saturated rings. The molecule has 6 rings (SSSR count). The third-order valence-electron chi connectivity index (χ3n) is 8.06. The zero-order valence-electron chi connectivity index (χ0n) is 23.0. The monoisotopic (exact) mass is 548 g/mol. The molecule has 0 aliphatic carbocycles. The molecule has 40 heavy (non-hydrogen) atoms. The summed E-state index contributed by atoms with van der Waals surface area (Å²) in [5, 5.41) is 6.52. The number of carbonyl (C=O) groups excluding carboxylic acids is 3. The van der Waals surface area contributed by atoms with Crippen molar-refractivity contribution in [3.8, 4) is 17.1 Å². The first-order valence-electron chi connectivity index (χ1n) is 13.8. The first-order chi connectivity index (χ1) is 19.4. The number of carbonyl (C=O) groups is 3. The van der Waals surface area contributed by atoms with Gasteiger partial charge in [0.05, 0.1) is 42.1 Å². The molecule has 3 aliphatic heterocycles. The highest BCUT2D eigenvalue weighted by Gasteiger charge is 2.45. The van der Waals surface area contributed by atoms with Gasteiger partial charge in [0.2, 0.25) is 17.6 Å². The number of ether oxygens (including phenoxy) is 2. The van der Waals surface area contributed by atoms with Crippen molar-refractivity contribution >= 4 is 28.5 Å². The molecule has 1 atom stereocenters. The molecule has 11 nitrogen and oxygen atoms in total. The summed E-state index contributed by atoms with van der Waals surface area (Å²) < 4.78 is 11.5. The fourth-order valence-electron chi connectivity index (χ4n) is 5.55. The molecular formula is C29H36N6O5. The molecule has 11 heteroatoms. The lowest BCUT2D eigenvalue weighted by Crippen LogP contribution is -2.55. The maximum atomic E-state index is 13.6. The molecular weight excluding hydrogens is 512 g/mol. The summed E-state index contributed by atoms with van der Waals surface area (Å²) in [4.78, 5) is 51.9. The number of nitrogens with one attached hydrogen (secondary N) is 3. The number of benzene rings is 1. The van der Waals surface area contributed by atoms with Crippen LogP contribution in [0.4, 0.5) is 0 Å². The fraction of sp³-hybridized carbons (Fsp3) is 0.483. The lowest BCUT2D eigenvalue weighted by atomic mass is 9.71. The Labute approximate surface area is 233 Å². The number of aromatic nitrogens is 3. The van der Waals surface area contributed by atoms with E-state index in [0.29, 0.717) is 23.8 Å². The average molecular weight is 549 g/mol. The number of fused-ring (bicyclic) bond motifs is 4. The highest BCUT2D eigenvalue weighted by Crippen LogP contribution is 2.40. The van der Waals surface area contributed by atoms with E-state index in [1.54, 1.807) is 13.3 Å². The van der Waals surface area contributed by atoms with Gasteiger partial charge < -0.3 is 30.0 Å². The first-order valence-corrected chi connectivity index (χ1v) is 13.8. The Morgan fingerprint density at radius 1 is 1.15 bits per heavy atom. The van der Waals surface area contributed by atoms with Gasteiger partial charge in [0.1, 0.15) is 11.9 Å². The van der Waals surface area contributed by atoms with Crippen LogP contribution in [0.15, 0.2) is 36.5 Å². The second-order valence-electron chi connectivity index (χ2n) is 10.5. The number of para-hydroxylation sites is 1. The van der Waals surface area contributed by atoms with Crippen LogP contribution in [0.2, 0.25) is 0 Å². The van der Waals surface area contributed by atoms with Crippen molar-refractivity contribution in [1.29, 1.82) is 0 Å². The third kappa shape index (κ3) is 5.85. The Hall–Kier alpha value is -3.83. The van der Waals surface area contributed by atoms with E-state index in [4.69, 9.17) is 9.47 Å². The fourth-order valence-corrected chi connectivity index (χ4v) is 5.55. The summed E-state index contributed by atoms with van der Waals surface area (Å²) in [6.07, 6.45) is 4.74. The number of imidazole rings is 1. The highest BCUT2D eigenvalue weighted by molar-refractivity contribution is 6.36. The minimum absolute atomic E-state index is 0.0261. The predicted octanol–water partition coefficient (Wildman–Crippen LogP) is 2.39. The van der Waals surface area contributed by atoms with Crippen molar-refractivity contribution in [2.24, 2.45) is 5.41 Å². The summed E-state index contributed by atoms with van der Waals surface area (Å²) in [5.74, 6) is -0.0286. The van der Waals surface area contributed by atoms with Crippen LogP contribution in [-0.2, 0) is 19.1 Å². The molecule has 0 unspecified atom stereocenters. The molecule has 3 saturated heterocycles. The Balaban J connectivity index is 1.33. The van der Waals surface area contributed by atoms with E-state index in [-0.39, 0.29) is 31.0 Å². The Kier molecular flexibility index (Phi) is 8.41. The van der Waals surface area contributed by atoms with Crippen molar-refractivity contribution in [3.05, 3.63) is 42.4 Å². The van der Waals surface area contributed by atoms with Gasteiger partial charge in [-0.1, -0.05) is 18.2 Å². The van der Waals surface area contributed by atoms with E-state index in [1.165, 1.54) is 7.05 Å². The number of ketones is 1. The van der Waals surface area contributed by atoms with Crippen LogP contribution in [0.25, 0.3) is 22.2 Å². The number of likely N-dealkylation sites (N-methyl/N-ethyl adjacent to an activating group) is 1. The number of methoxy groups -OCH3 is 1. The van der Waals surface area contributed by atoms with Gasteiger partial charge in [0.25, 0.3) is 5.91 Å². The molecule has 2 bridgehead atoms. The summed E-state index contributed by atoms with van der Waals surface area (Å²) >= 11 is 0. The second-order valence-corrected chi connectivity index (χ2v) is 10.5.